The quantitative estimate of drug-likeness (QED) is 0.429. The average molecular weight is 496 g/mol. The van der Waals surface area contributed by atoms with E-state index >= 15 is 0 Å². The van der Waals surface area contributed by atoms with Crippen molar-refractivity contribution < 1.29 is 17.6 Å². The normalized spacial score (nSPS) is 15.8. The highest BCUT2D eigenvalue weighted by Gasteiger charge is 2.30. The fourth-order valence-electron chi connectivity index (χ4n) is 4.24. The van der Waals surface area contributed by atoms with Crippen molar-refractivity contribution in [3.05, 3.63) is 72.2 Å². The molecule has 1 aliphatic heterocycles. The van der Waals surface area contributed by atoms with Crippen LogP contribution in [0.2, 0.25) is 0 Å². The molecule has 1 amide bonds. The topological polar surface area (TPSA) is 83.7 Å². The molecule has 1 aliphatic rings. The third kappa shape index (κ3) is 6.00. The third-order valence-electron chi connectivity index (χ3n) is 6.68. The Bertz CT molecular complexity index is 1210. The second kappa shape index (κ2) is 11.2. The molecule has 0 radical (unpaired) electrons. The minimum atomic E-state index is -3.56. The van der Waals surface area contributed by atoms with E-state index in [1.807, 2.05) is 42.5 Å². The van der Waals surface area contributed by atoms with Crippen molar-refractivity contribution >= 4 is 15.9 Å². The number of carbonyl (C=O) groups excluding carboxylic acids is 1. The van der Waals surface area contributed by atoms with Crippen molar-refractivity contribution in [1.29, 1.82) is 0 Å². The van der Waals surface area contributed by atoms with Gasteiger partial charge in [0, 0.05) is 44.6 Å². The van der Waals surface area contributed by atoms with Gasteiger partial charge < -0.3 is 9.32 Å². The Morgan fingerprint density at radius 3 is 2.37 bits per heavy atom. The zero-order valence-corrected chi connectivity index (χ0v) is 21.2. The summed E-state index contributed by atoms with van der Waals surface area (Å²) in [6.45, 7) is 5.67. The molecule has 35 heavy (non-hydrogen) atoms. The lowest BCUT2D eigenvalue weighted by Crippen LogP contribution is -2.50. The fraction of sp³-hybridized carbons (Fsp3) is 0.407. The van der Waals surface area contributed by atoms with E-state index in [1.165, 1.54) is 4.31 Å². The largest absolute Gasteiger partial charge is 0.441 e. The maximum atomic E-state index is 13.1. The van der Waals surface area contributed by atoms with Crippen LogP contribution in [0.4, 0.5) is 0 Å². The highest BCUT2D eigenvalue weighted by atomic mass is 32.2. The van der Waals surface area contributed by atoms with Gasteiger partial charge in [-0.2, -0.15) is 4.31 Å². The van der Waals surface area contributed by atoms with Gasteiger partial charge in [-0.05, 0) is 36.5 Å². The van der Waals surface area contributed by atoms with Crippen LogP contribution in [-0.4, -0.2) is 54.7 Å². The molecule has 0 aliphatic carbocycles. The first-order valence-electron chi connectivity index (χ1n) is 12.3. The van der Waals surface area contributed by atoms with Crippen LogP contribution in [0.25, 0.3) is 11.3 Å². The Hall–Kier alpha value is -2.97. The number of rotatable bonds is 9. The Labute approximate surface area is 207 Å². The number of nitrogens with zero attached hydrogens (tertiary/aromatic N) is 3. The lowest BCUT2D eigenvalue weighted by molar-refractivity contribution is -0.132. The van der Waals surface area contributed by atoms with Gasteiger partial charge in [0.15, 0.2) is 11.7 Å². The number of piperazine rings is 1. The summed E-state index contributed by atoms with van der Waals surface area (Å²) in [5, 5.41) is 0. The van der Waals surface area contributed by atoms with Crippen LogP contribution in [0.15, 0.2) is 70.1 Å². The zero-order valence-electron chi connectivity index (χ0n) is 20.4. The Balaban J connectivity index is 1.25. The van der Waals surface area contributed by atoms with E-state index in [1.54, 1.807) is 23.2 Å². The maximum absolute atomic E-state index is 13.1. The summed E-state index contributed by atoms with van der Waals surface area (Å²) in [6.07, 6.45) is 4.32. The number of aryl methyl sites for hydroxylation is 1. The molecule has 186 valence electrons. The molecule has 1 fully saturated rings. The van der Waals surface area contributed by atoms with Gasteiger partial charge in [-0.1, -0.05) is 56.3 Å². The molecule has 7 nitrogen and oxygen atoms in total. The van der Waals surface area contributed by atoms with Gasteiger partial charge in [0.25, 0.3) is 0 Å². The van der Waals surface area contributed by atoms with E-state index in [0.717, 1.165) is 23.3 Å². The molecular weight excluding hydrogens is 462 g/mol. The van der Waals surface area contributed by atoms with Crippen molar-refractivity contribution in [3.63, 3.8) is 0 Å². The van der Waals surface area contributed by atoms with E-state index in [2.05, 4.69) is 18.8 Å². The number of hydrogen-bond donors (Lipinski definition) is 0. The highest BCUT2D eigenvalue weighted by Crippen LogP contribution is 2.24. The van der Waals surface area contributed by atoms with E-state index in [-0.39, 0.29) is 5.91 Å². The molecule has 1 aromatic heterocycles. The summed E-state index contributed by atoms with van der Waals surface area (Å²) in [5.41, 5.74) is 2.12. The van der Waals surface area contributed by atoms with E-state index < -0.39 is 10.0 Å². The molecule has 8 heteroatoms. The predicted molar refractivity (Wildman–Crippen MR) is 135 cm³/mol. The lowest BCUT2D eigenvalue weighted by Gasteiger charge is -2.34. The average Bonchev–Trinajstić information content (AvgIpc) is 3.38. The van der Waals surface area contributed by atoms with Gasteiger partial charge >= 0.3 is 0 Å². The first-order chi connectivity index (χ1) is 16.9. The van der Waals surface area contributed by atoms with Crippen molar-refractivity contribution in [2.45, 2.75) is 50.3 Å². The third-order valence-corrected chi connectivity index (χ3v) is 8.60. The van der Waals surface area contributed by atoms with Crippen LogP contribution >= 0.6 is 0 Å². The zero-order chi connectivity index (χ0) is 24.8. The monoisotopic (exact) mass is 495 g/mol. The Morgan fingerprint density at radius 1 is 1.03 bits per heavy atom. The van der Waals surface area contributed by atoms with Crippen LogP contribution in [0.3, 0.4) is 0 Å². The van der Waals surface area contributed by atoms with Gasteiger partial charge in [-0.25, -0.2) is 13.4 Å². The molecule has 0 bridgehead atoms. The molecule has 2 heterocycles. The molecule has 1 unspecified atom stereocenters. The first-order valence-corrected chi connectivity index (χ1v) is 13.7. The molecule has 0 spiro atoms. The first kappa shape index (κ1) is 25.1. The number of hydrogen-bond acceptors (Lipinski definition) is 5. The van der Waals surface area contributed by atoms with Gasteiger partial charge in [0.05, 0.1) is 11.1 Å². The molecule has 2 aromatic carbocycles. The predicted octanol–water partition coefficient (Wildman–Crippen LogP) is 4.71. The van der Waals surface area contributed by atoms with E-state index in [9.17, 15) is 13.2 Å². The number of carbonyl (C=O) groups is 1. The van der Waals surface area contributed by atoms with Crippen LogP contribution in [0.5, 0.6) is 0 Å². The number of oxazole rings is 1. The minimum absolute atomic E-state index is 0.0368. The molecule has 0 N–H and O–H groups in total. The van der Waals surface area contributed by atoms with Crippen molar-refractivity contribution in [2.75, 3.05) is 26.2 Å². The summed E-state index contributed by atoms with van der Waals surface area (Å²) >= 11 is 0. The van der Waals surface area contributed by atoms with E-state index in [4.69, 9.17) is 4.42 Å². The van der Waals surface area contributed by atoms with Crippen LogP contribution in [0, 0.1) is 0 Å². The van der Waals surface area contributed by atoms with Crippen molar-refractivity contribution in [3.8, 4) is 11.3 Å². The van der Waals surface area contributed by atoms with Crippen LogP contribution in [0.1, 0.15) is 50.5 Å². The Kier molecular flexibility index (Phi) is 8.03. The van der Waals surface area contributed by atoms with Gasteiger partial charge in [-0.15, -0.1) is 0 Å². The van der Waals surface area contributed by atoms with E-state index in [0.29, 0.717) is 62.1 Å². The maximum Gasteiger partial charge on any atom is 0.243 e. The van der Waals surface area contributed by atoms with Gasteiger partial charge in [-0.3, -0.25) is 4.79 Å². The standard InChI is InChI=1S/C27H33N3O4S/c1-3-21(2)22-12-14-24(15-13-22)35(32,33)30-18-16-29(17-19-30)27(31)11-7-10-26-28-20-25(34-26)23-8-5-4-6-9-23/h4-6,8-9,12-15,20-21H,3,7,10-11,16-19H2,1-2H3. The second-order valence-electron chi connectivity index (χ2n) is 9.00. The molecule has 1 atom stereocenters. The second-order valence-corrected chi connectivity index (χ2v) is 10.9. The summed E-state index contributed by atoms with van der Waals surface area (Å²) in [7, 11) is -3.56. The SMILES string of the molecule is CCC(C)c1ccc(S(=O)(=O)N2CCN(C(=O)CCCc3ncc(-c4ccccc4)o3)CC2)cc1. The minimum Gasteiger partial charge on any atom is -0.441 e. The van der Waals surface area contributed by atoms with Crippen molar-refractivity contribution in [1.82, 2.24) is 14.2 Å². The van der Waals surface area contributed by atoms with Gasteiger partial charge in [0.2, 0.25) is 15.9 Å². The summed E-state index contributed by atoms with van der Waals surface area (Å²) in [6, 6.07) is 17.0. The number of benzene rings is 2. The summed E-state index contributed by atoms with van der Waals surface area (Å²) < 4.78 is 33.4. The molecule has 0 saturated carbocycles. The smallest absolute Gasteiger partial charge is 0.243 e. The number of sulfonamides is 1. The highest BCUT2D eigenvalue weighted by molar-refractivity contribution is 7.89. The Morgan fingerprint density at radius 2 is 1.71 bits per heavy atom. The molecule has 3 aromatic rings. The van der Waals surface area contributed by atoms with Crippen molar-refractivity contribution in [2.24, 2.45) is 0 Å². The lowest BCUT2D eigenvalue weighted by atomic mass is 9.99. The molecule has 4 rings (SSSR count). The summed E-state index contributed by atoms with van der Waals surface area (Å²) in [4.78, 5) is 19.1. The van der Waals surface area contributed by atoms with Crippen LogP contribution in [-0.2, 0) is 21.2 Å². The fourth-order valence-corrected chi connectivity index (χ4v) is 5.66. The molecule has 1 saturated heterocycles. The summed E-state index contributed by atoms with van der Waals surface area (Å²) in [5.74, 6) is 1.77. The molecular formula is C27H33N3O4S. The number of amides is 1. The van der Waals surface area contributed by atoms with Crippen LogP contribution < -0.4 is 0 Å². The van der Waals surface area contributed by atoms with Gasteiger partial charge in [0.1, 0.15) is 0 Å². The number of aromatic nitrogens is 1.